The van der Waals surface area contributed by atoms with Gasteiger partial charge < -0.3 is 10.1 Å². The predicted octanol–water partition coefficient (Wildman–Crippen LogP) is 2.62. The minimum absolute atomic E-state index is 0.0184. The highest BCUT2D eigenvalue weighted by Crippen LogP contribution is 2.28. The lowest BCUT2D eigenvalue weighted by Gasteiger charge is -2.11. The van der Waals surface area contributed by atoms with E-state index < -0.39 is 15.9 Å². The Bertz CT molecular complexity index is 901. The summed E-state index contributed by atoms with van der Waals surface area (Å²) in [4.78, 5) is 11.9. The van der Waals surface area contributed by atoms with Gasteiger partial charge in [0.15, 0.2) is 0 Å². The molecule has 134 valence electrons. The second-order valence-corrected chi connectivity index (χ2v) is 7.47. The molecule has 0 aliphatic heterocycles. The van der Waals surface area contributed by atoms with Crippen molar-refractivity contribution in [3.63, 3.8) is 0 Å². The van der Waals surface area contributed by atoms with E-state index in [9.17, 15) is 13.2 Å². The molecule has 2 aromatic carbocycles. The molecule has 2 rings (SSSR count). The first-order chi connectivity index (χ1) is 11.7. The van der Waals surface area contributed by atoms with E-state index in [0.29, 0.717) is 13.0 Å². The van der Waals surface area contributed by atoms with Gasteiger partial charge in [-0.1, -0.05) is 41.4 Å². The number of hydrogen-bond acceptors (Lipinski definition) is 4. The summed E-state index contributed by atoms with van der Waals surface area (Å²) in [5.74, 6) is 0.194. The molecule has 0 atom stereocenters. The van der Waals surface area contributed by atoms with E-state index in [1.807, 2.05) is 24.3 Å². The summed E-state index contributed by atoms with van der Waals surface area (Å²) in [6.45, 7) is 0.308. The average Bonchev–Trinajstić information content (AvgIpc) is 2.54. The van der Waals surface area contributed by atoms with Gasteiger partial charge in [-0.15, -0.1) is 0 Å². The molecular formula is C16H16Cl2N2O4S. The van der Waals surface area contributed by atoms with Crippen molar-refractivity contribution >= 4 is 39.1 Å². The third kappa shape index (κ3) is 4.85. The summed E-state index contributed by atoms with van der Waals surface area (Å²) in [5.41, 5.74) is 0.910. The molecule has 0 heterocycles. The maximum Gasteiger partial charge on any atom is 0.252 e. The Morgan fingerprint density at radius 2 is 1.88 bits per heavy atom. The Morgan fingerprint density at radius 1 is 1.20 bits per heavy atom. The molecule has 0 aliphatic rings. The number of nitrogens with one attached hydrogen (secondary N) is 1. The van der Waals surface area contributed by atoms with Gasteiger partial charge in [-0.25, -0.2) is 13.6 Å². The fraction of sp³-hybridized carbons (Fsp3) is 0.188. The van der Waals surface area contributed by atoms with Gasteiger partial charge in [0, 0.05) is 6.54 Å². The summed E-state index contributed by atoms with van der Waals surface area (Å²) in [6, 6.07) is 9.68. The number of para-hydroxylation sites is 1. The van der Waals surface area contributed by atoms with Crippen LogP contribution in [0.25, 0.3) is 0 Å². The molecule has 0 unspecified atom stereocenters. The zero-order valence-corrected chi connectivity index (χ0v) is 15.6. The first-order valence-corrected chi connectivity index (χ1v) is 9.46. The molecule has 0 bridgehead atoms. The quantitative estimate of drug-likeness (QED) is 0.775. The van der Waals surface area contributed by atoms with Crippen LogP contribution in [0.3, 0.4) is 0 Å². The Balaban J connectivity index is 2.13. The molecule has 0 fully saturated rings. The zero-order valence-electron chi connectivity index (χ0n) is 13.3. The second-order valence-electron chi connectivity index (χ2n) is 5.13. The van der Waals surface area contributed by atoms with Crippen molar-refractivity contribution in [2.75, 3.05) is 13.7 Å². The highest BCUT2D eigenvalue weighted by Gasteiger charge is 2.19. The van der Waals surface area contributed by atoms with Gasteiger partial charge in [0.2, 0.25) is 10.0 Å². The number of rotatable bonds is 6. The van der Waals surface area contributed by atoms with E-state index in [0.717, 1.165) is 17.4 Å². The number of halogens is 2. The fourth-order valence-corrected chi connectivity index (χ4v) is 3.64. The smallest absolute Gasteiger partial charge is 0.252 e. The Kier molecular flexibility index (Phi) is 6.29. The van der Waals surface area contributed by atoms with Crippen molar-refractivity contribution in [2.45, 2.75) is 11.3 Å². The molecular weight excluding hydrogens is 387 g/mol. The Hall–Kier alpha value is -1.80. The van der Waals surface area contributed by atoms with Gasteiger partial charge in [0.25, 0.3) is 5.91 Å². The molecule has 0 saturated carbocycles. The molecule has 6 nitrogen and oxygen atoms in total. The lowest BCUT2D eigenvalue weighted by atomic mass is 10.1. The summed E-state index contributed by atoms with van der Waals surface area (Å²) in [7, 11) is -2.50. The molecule has 3 N–H and O–H groups in total. The van der Waals surface area contributed by atoms with E-state index >= 15 is 0 Å². The molecule has 0 saturated heterocycles. The van der Waals surface area contributed by atoms with E-state index in [-0.39, 0.29) is 20.5 Å². The number of sulfonamides is 1. The van der Waals surface area contributed by atoms with Crippen LogP contribution in [0.5, 0.6) is 5.75 Å². The number of nitrogens with two attached hydrogens (primary N) is 1. The molecule has 9 heteroatoms. The number of ether oxygens (including phenoxy) is 1. The molecule has 25 heavy (non-hydrogen) atoms. The van der Waals surface area contributed by atoms with Crippen molar-refractivity contribution in [3.8, 4) is 5.75 Å². The number of benzene rings is 2. The number of carbonyl (C=O) groups is 1. The summed E-state index contributed by atoms with van der Waals surface area (Å²) in [6.07, 6.45) is 0.531. The molecule has 2 aromatic rings. The summed E-state index contributed by atoms with van der Waals surface area (Å²) >= 11 is 11.8. The summed E-state index contributed by atoms with van der Waals surface area (Å²) < 4.78 is 28.3. The van der Waals surface area contributed by atoms with Gasteiger partial charge in [-0.2, -0.15) is 0 Å². The standard InChI is InChI=1S/C16H16Cl2N2O4S/c1-24-14-5-3-2-4-10(14)6-7-20-16(21)11-8-15(25(19,22)23)13(18)9-12(11)17/h2-5,8-9H,6-7H2,1H3,(H,20,21)(H2,19,22,23). The zero-order chi connectivity index (χ0) is 18.6. The third-order valence-corrected chi connectivity index (χ3v) is 5.13. The number of primary sulfonamides is 1. The van der Waals surface area contributed by atoms with Crippen LogP contribution in [-0.4, -0.2) is 28.0 Å². The molecule has 0 radical (unpaired) electrons. The van der Waals surface area contributed by atoms with Crippen molar-refractivity contribution < 1.29 is 17.9 Å². The lowest BCUT2D eigenvalue weighted by Crippen LogP contribution is -2.26. The maximum atomic E-state index is 12.3. The topological polar surface area (TPSA) is 98.5 Å². The highest BCUT2D eigenvalue weighted by molar-refractivity contribution is 7.89. The van der Waals surface area contributed by atoms with Crippen molar-refractivity contribution in [1.29, 1.82) is 0 Å². The predicted molar refractivity (Wildman–Crippen MR) is 96.9 cm³/mol. The molecule has 0 aliphatic carbocycles. The minimum atomic E-state index is -4.07. The van der Waals surface area contributed by atoms with E-state index in [1.54, 1.807) is 7.11 Å². The average molecular weight is 403 g/mol. The van der Waals surface area contributed by atoms with Crippen LogP contribution in [0, 0.1) is 0 Å². The third-order valence-electron chi connectivity index (χ3n) is 3.45. The van der Waals surface area contributed by atoms with Gasteiger partial charge >= 0.3 is 0 Å². The largest absolute Gasteiger partial charge is 0.496 e. The van der Waals surface area contributed by atoms with Crippen molar-refractivity contribution in [1.82, 2.24) is 5.32 Å². The second kappa shape index (κ2) is 8.05. The van der Waals surface area contributed by atoms with Crippen LogP contribution in [0.1, 0.15) is 15.9 Å². The van der Waals surface area contributed by atoms with Crippen molar-refractivity contribution in [3.05, 3.63) is 57.6 Å². The number of hydrogen-bond donors (Lipinski definition) is 2. The first-order valence-electron chi connectivity index (χ1n) is 7.16. The van der Waals surface area contributed by atoms with Gasteiger partial charge in [-0.3, -0.25) is 4.79 Å². The molecule has 0 spiro atoms. The highest BCUT2D eigenvalue weighted by atomic mass is 35.5. The maximum absolute atomic E-state index is 12.3. The van der Waals surface area contributed by atoms with E-state index in [1.165, 1.54) is 6.07 Å². The van der Waals surface area contributed by atoms with Crippen LogP contribution in [0.4, 0.5) is 0 Å². The van der Waals surface area contributed by atoms with Crippen LogP contribution < -0.4 is 15.2 Å². The molecule has 1 amide bonds. The van der Waals surface area contributed by atoms with Crippen LogP contribution >= 0.6 is 23.2 Å². The van der Waals surface area contributed by atoms with E-state index in [2.05, 4.69) is 5.32 Å². The Labute approximate surface area is 155 Å². The van der Waals surface area contributed by atoms with Crippen LogP contribution in [-0.2, 0) is 16.4 Å². The monoisotopic (exact) mass is 402 g/mol. The van der Waals surface area contributed by atoms with Gasteiger partial charge in [-0.05, 0) is 30.2 Å². The number of amides is 1. The first kappa shape index (κ1) is 19.5. The van der Waals surface area contributed by atoms with Crippen molar-refractivity contribution in [2.24, 2.45) is 5.14 Å². The van der Waals surface area contributed by atoms with Crippen LogP contribution in [0.2, 0.25) is 10.0 Å². The number of carbonyl (C=O) groups excluding carboxylic acids is 1. The Morgan fingerprint density at radius 3 is 2.52 bits per heavy atom. The lowest BCUT2D eigenvalue weighted by molar-refractivity contribution is 0.0954. The van der Waals surface area contributed by atoms with Gasteiger partial charge in [0.1, 0.15) is 10.6 Å². The van der Waals surface area contributed by atoms with Crippen LogP contribution in [0.15, 0.2) is 41.3 Å². The normalized spacial score (nSPS) is 11.2. The van der Waals surface area contributed by atoms with Gasteiger partial charge in [0.05, 0.1) is 22.7 Å². The summed E-state index contributed by atoms with van der Waals surface area (Å²) in [5, 5.41) is 7.66. The molecule has 0 aromatic heterocycles. The minimum Gasteiger partial charge on any atom is -0.496 e. The fourth-order valence-electron chi connectivity index (χ4n) is 2.24. The SMILES string of the molecule is COc1ccccc1CCNC(=O)c1cc(S(N)(=O)=O)c(Cl)cc1Cl. The van der Waals surface area contributed by atoms with E-state index in [4.69, 9.17) is 33.1 Å². The number of methoxy groups -OCH3 is 1.